The van der Waals surface area contributed by atoms with Crippen LogP contribution in [0.2, 0.25) is 0 Å². The van der Waals surface area contributed by atoms with Crippen molar-refractivity contribution >= 4 is 0 Å². The van der Waals surface area contributed by atoms with Crippen LogP contribution in [0.1, 0.15) is 18.9 Å². The highest BCUT2D eigenvalue weighted by molar-refractivity contribution is 5.32. The highest BCUT2D eigenvalue weighted by atomic mass is 16.3. The van der Waals surface area contributed by atoms with Crippen molar-refractivity contribution in [3.63, 3.8) is 0 Å². The summed E-state index contributed by atoms with van der Waals surface area (Å²) >= 11 is 0. The van der Waals surface area contributed by atoms with Crippen LogP contribution in [-0.2, 0) is 5.41 Å². The van der Waals surface area contributed by atoms with E-state index in [-0.39, 0.29) is 11.5 Å². The molecule has 0 unspecified atom stereocenters. The van der Waals surface area contributed by atoms with Gasteiger partial charge < -0.3 is 5.11 Å². The molecule has 58 valence electrons. The molecule has 0 bridgehead atoms. The van der Waals surface area contributed by atoms with Crippen molar-refractivity contribution in [3.8, 4) is 0 Å². The van der Waals surface area contributed by atoms with Gasteiger partial charge in [0.2, 0.25) is 0 Å². The largest absolute Gasteiger partial charge is 0.392 e. The third kappa shape index (κ3) is 0.962. The molecule has 1 fully saturated rings. The summed E-state index contributed by atoms with van der Waals surface area (Å²) in [6.07, 6.45) is 0.793. The standard InChI is InChI=1S/C10H12O/c1-10(7-9(10)11)8-5-3-2-4-6-8/h2-6,9,11H,7H2,1H3/t9-,10-/m1/s1. The Morgan fingerprint density at radius 2 is 1.91 bits per heavy atom. The molecule has 1 aliphatic carbocycles. The van der Waals surface area contributed by atoms with Gasteiger partial charge in [-0.3, -0.25) is 0 Å². The minimum atomic E-state index is -0.120. The van der Waals surface area contributed by atoms with Crippen LogP contribution < -0.4 is 0 Å². The Hall–Kier alpha value is -0.820. The van der Waals surface area contributed by atoms with Gasteiger partial charge in [0.25, 0.3) is 0 Å². The van der Waals surface area contributed by atoms with Crippen LogP contribution in [-0.4, -0.2) is 11.2 Å². The van der Waals surface area contributed by atoms with Crippen LogP contribution in [0.25, 0.3) is 0 Å². The third-order valence-corrected chi connectivity index (χ3v) is 2.63. The zero-order valence-electron chi connectivity index (χ0n) is 6.62. The normalized spacial score (nSPS) is 35.3. The number of hydrogen-bond donors (Lipinski definition) is 1. The molecule has 0 aromatic heterocycles. The molecule has 2 rings (SSSR count). The van der Waals surface area contributed by atoms with Gasteiger partial charge in [-0.25, -0.2) is 0 Å². The van der Waals surface area contributed by atoms with Crippen molar-refractivity contribution in [3.05, 3.63) is 35.9 Å². The molecule has 1 saturated carbocycles. The Labute approximate surface area is 66.7 Å². The molecule has 0 saturated heterocycles. The van der Waals surface area contributed by atoms with E-state index in [2.05, 4.69) is 19.1 Å². The number of aliphatic hydroxyl groups excluding tert-OH is 1. The molecule has 0 spiro atoms. The Bertz CT molecular complexity index is 255. The van der Waals surface area contributed by atoms with Crippen molar-refractivity contribution in [1.82, 2.24) is 0 Å². The summed E-state index contributed by atoms with van der Waals surface area (Å²) in [7, 11) is 0. The first-order chi connectivity index (χ1) is 5.23. The van der Waals surface area contributed by atoms with Gasteiger partial charge >= 0.3 is 0 Å². The topological polar surface area (TPSA) is 20.2 Å². The fraction of sp³-hybridized carbons (Fsp3) is 0.400. The molecule has 2 atom stereocenters. The van der Waals surface area contributed by atoms with Crippen molar-refractivity contribution < 1.29 is 5.11 Å². The monoisotopic (exact) mass is 148 g/mol. The molecular formula is C10H12O. The van der Waals surface area contributed by atoms with Gasteiger partial charge in [0.1, 0.15) is 0 Å². The molecule has 11 heavy (non-hydrogen) atoms. The Morgan fingerprint density at radius 1 is 1.36 bits per heavy atom. The van der Waals surface area contributed by atoms with Crippen LogP contribution in [0.4, 0.5) is 0 Å². The Kier molecular flexibility index (Phi) is 1.30. The van der Waals surface area contributed by atoms with Gasteiger partial charge in [0.15, 0.2) is 0 Å². The van der Waals surface area contributed by atoms with Crippen molar-refractivity contribution in [2.45, 2.75) is 24.9 Å². The second-order valence-electron chi connectivity index (χ2n) is 3.50. The zero-order chi connectivity index (χ0) is 7.90. The lowest BCUT2D eigenvalue weighted by atomic mass is 9.98. The zero-order valence-corrected chi connectivity index (χ0v) is 6.62. The average molecular weight is 148 g/mol. The van der Waals surface area contributed by atoms with Gasteiger partial charge in [0.05, 0.1) is 6.10 Å². The third-order valence-electron chi connectivity index (χ3n) is 2.63. The second-order valence-corrected chi connectivity index (χ2v) is 3.50. The molecule has 1 aromatic carbocycles. The molecule has 1 aliphatic rings. The van der Waals surface area contributed by atoms with Crippen molar-refractivity contribution in [2.75, 3.05) is 0 Å². The van der Waals surface area contributed by atoms with Crippen molar-refractivity contribution in [1.29, 1.82) is 0 Å². The summed E-state index contributed by atoms with van der Waals surface area (Å²) in [6.45, 7) is 2.10. The van der Waals surface area contributed by atoms with Crippen LogP contribution in [0.3, 0.4) is 0 Å². The van der Waals surface area contributed by atoms with E-state index >= 15 is 0 Å². The minimum Gasteiger partial charge on any atom is -0.392 e. The van der Waals surface area contributed by atoms with E-state index in [9.17, 15) is 5.11 Å². The smallest absolute Gasteiger partial charge is 0.0644 e. The highest BCUT2D eigenvalue weighted by Crippen LogP contribution is 2.47. The fourth-order valence-electron chi connectivity index (χ4n) is 1.47. The van der Waals surface area contributed by atoms with Crippen LogP contribution in [0.15, 0.2) is 30.3 Å². The summed E-state index contributed by atoms with van der Waals surface area (Å²) in [4.78, 5) is 0. The van der Waals surface area contributed by atoms with E-state index < -0.39 is 0 Å². The molecule has 0 heterocycles. The minimum absolute atomic E-state index is 0.0568. The van der Waals surface area contributed by atoms with E-state index in [0.29, 0.717) is 0 Å². The van der Waals surface area contributed by atoms with E-state index in [1.807, 2.05) is 18.2 Å². The SMILES string of the molecule is C[C@]1(c2ccccc2)C[C@H]1O. The summed E-state index contributed by atoms with van der Waals surface area (Å²) in [6, 6.07) is 10.2. The number of rotatable bonds is 1. The molecule has 1 aromatic rings. The molecule has 1 N–H and O–H groups in total. The quantitative estimate of drug-likeness (QED) is 0.642. The maximum Gasteiger partial charge on any atom is 0.0644 e. The second kappa shape index (κ2) is 2.08. The van der Waals surface area contributed by atoms with E-state index in [4.69, 9.17) is 0 Å². The summed E-state index contributed by atoms with van der Waals surface area (Å²) < 4.78 is 0. The highest BCUT2D eigenvalue weighted by Gasteiger charge is 2.50. The van der Waals surface area contributed by atoms with Crippen LogP contribution in [0, 0.1) is 0 Å². The molecule has 0 amide bonds. The van der Waals surface area contributed by atoms with E-state index in [1.54, 1.807) is 0 Å². The number of hydrogen-bond acceptors (Lipinski definition) is 1. The maximum absolute atomic E-state index is 9.34. The first-order valence-corrected chi connectivity index (χ1v) is 3.97. The summed E-state index contributed by atoms with van der Waals surface area (Å²) in [5.74, 6) is 0. The van der Waals surface area contributed by atoms with E-state index in [0.717, 1.165) is 6.42 Å². The molecule has 1 heteroatoms. The first kappa shape index (κ1) is 6.86. The molecule has 0 aliphatic heterocycles. The van der Waals surface area contributed by atoms with E-state index in [1.165, 1.54) is 5.56 Å². The van der Waals surface area contributed by atoms with Crippen LogP contribution >= 0.6 is 0 Å². The van der Waals surface area contributed by atoms with Gasteiger partial charge in [-0.2, -0.15) is 0 Å². The lowest BCUT2D eigenvalue weighted by molar-refractivity contribution is 0.252. The Morgan fingerprint density at radius 3 is 2.36 bits per heavy atom. The lowest BCUT2D eigenvalue weighted by Gasteiger charge is -2.07. The van der Waals surface area contributed by atoms with Crippen molar-refractivity contribution in [2.24, 2.45) is 0 Å². The number of benzene rings is 1. The van der Waals surface area contributed by atoms with Gasteiger partial charge in [-0.05, 0) is 12.0 Å². The fourth-order valence-corrected chi connectivity index (χ4v) is 1.47. The van der Waals surface area contributed by atoms with Gasteiger partial charge in [-0.1, -0.05) is 37.3 Å². The summed E-state index contributed by atoms with van der Waals surface area (Å²) in [5.41, 5.74) is 1.31. The molecule has 1 nitrogen and oxygen atoms in total. The predicted octanol–water partition coefficient (Wildman–Crippen LogP) is 1.71. The number of aliphatic hydroxyl groups is 1. The predicted molar refractivity (Wildman–Crippen MR) is 44.4 cm³/mol. The summed E-state index contributed by atoms with van der Waals surface area (Å²) in [5, 5.41) is 9.34. The molecule has 0 radical (unpaired) electrons. The average Bonchev–Trinajstić information content (AvgIpc) is 2.64. The molecular weight excluding hydrogens is 136 g/mol. The lowest BCUT2D eigenvalue weighted by Crippen LogP contribution is -2.05. The Balaban J connectivity index is 2.32. The van der Waals surface area contributed by atoms with Gasteiger partial charge in [0, 0.05) is 5.41 Å². The van der Waals surface area contributed by atoms with Gasteiger partial charge in [-0.15, -0.1) is 0 Å². The first-order valence-electron chi connectivity index (χ1n) is 3.97. The van der Waals surface area contributed by atoms with Crippen LogP contribution in [0.5, 0.6) is 0 Å². The maximum atomic E-state index is 9.34.